The van der Waals surface area contributed by atoms with Crippen molar-refractivity contribution in [2.24, 2.45) is 10.4 Å². The highest BCUT2D eigenvalue weighted by Crippen LogP contribution is 2.25. The van der Waals surface area contributed by atoms with Crippen molar-refractivity contribution in [3.63, 3.8) is 0 Å². The van der Waals surface area contributed by atoms with Gasteiger partial charge in [0.2, 0.25) is 0 Å². The summed E-state index contributed by atoms with van der Waals surface area (Å²) in [6, 6.07) is 6.33. The van der Waals surface area contributed by atoms with Crippen molar-refractivity contribution in [3.8, 4) is 5.75 Å². The van der Waals surface area contributed by atoms with E-state index < -0.39 is 0 Å². The van der Waals surface area contributed by atoms with Crippen LogP contribution < -0.4 is 15.4 Å². The summed E-state index contributed by atoms with van der Waals surface area (Å²) in [6.45, 7) is 14.5. The number of benzene rings is 1. The van der Waals surface area contributed by atoms with Gasteiger partial charge >= 0.3 is 0 Å². The van der Waals surface area contributed by atoms with Gasteiger partial charge < -0.3 is 20.1 Å². The Labute approximate surface area is 152 Å². The zero-order valence-electron chi connectivity index (χ0n) is 16.3. The lowest BCUT2D eigenvalue weighted by molar-refractivity contribution is -0.0971. The highest BCUT2D eigenvalue weighted by atomic mass is 16.5. The SMILES string of the molecule is CCNC(=NCc1ccc(C)cc1OC(C)CC)NCC1(C)COC1. The monoisotopic (exact) mass is 347 g/mol. The second-order valence-corrected chi connectivity index (χ2v) is 7.30. The molecule has 0 aromatic heterocycles. The molecule has 1 aliphatic heterocycles. The summed E-state index contributed by atoms with van der Waals surface area (Å²) in [5.74, 6) is 1.78. The van der Waals surface area contributed by atoms with Gasteiger partial charge in [0.05, 0.1) is 25.9 Å². The van der Waals surface area contributed by atoms with Gasteiger partial charge in [-0.3, -0.25) is 0 Å². The van der Waals surface area contributed by atoms with Crippen LogP contribution in [0.4, 0.5) is 0 Å². The van der Waals surface area contributed by atoms with E-state index in [1.54, 1.807) is 0 Å². The van der Waals surface area contributed by atoms with Gasteiger partial charge in [-0.05, 0) is 38.8 Å². The number of hydrogen-bond donors (Lipinski definition) is 2. The maximum absolute atomic E-state index is 6.08. The number of rotatable bonds is 8. The fourth-order valence-corrected chi connectivity index (χ4v) is 2.56. The third kappa shape index (κ3) is 5.92. The van der Waals surface area contributed by atoms with Crippen LogP contribution in [0, 0.1) is 12.3 Å². The predicted octanol–water partition coefficient (Wildman–Crippen LogP) is 3.26. The van der Waals surface area contributed by atoms with Gasteiger partial charge in [0.15, 0.2) is 5.96 Å². The predicted molar refractivity (Wildman–Crippen MR) is 103 cm³/mol. The van der Waals surface area contributed by atoms with Gasteiger partial charge in [0, 0.05) is 24.1 Å². The van der Waals surface area contributed by atoms with Crippen molar-refractivity contribution >= 4 is 5.96 Å². The molecule has 0 radical (unpaired) electrons. The molecule has 5 heteroatoms. The molecule has 1 fully saturated rings. The van der Waals surface area contributed by atoms with Crippen LogP contribution in [0.3, 0.4) is 0 Å². The zero-order chi connectivity index (χ0) is 18.3. The Kier molecular flexibility index (Phi) is 7.12. The number of nitrogens with zero attached hydrogens (tertiary/aromatic N) is 1. The number of nitrogens with one attached hydrogen (secondary N) is 2. The van der Waals surface area contributed by atoms with Gasteiger partial charge in [-0.25, -0.2) is 4.99 Å². The van der Waals surface area contributed by atoms with Crippen LogP contribution in [0.5, 0.6) is 5.75 Å². The number of aliphatic imine (C=N–C) groups is 1. The first kappa shape index (κ1) is 19.6. The molecule has 2 N–H and O–H groups in total. The lowest BCUT2D eigenvalue weighted by Gasteiger charge is -2.38. The van der Waals surface area contributed by atoms with Crippen molar-refractivity contribution in [2.45, 2.75) is 53.7 Å². The van der Waals surface area contributed by atoms with Crippen molar-refractivity contribution in [1.82, 2.24) is 10.6 Å². The van der Waals surface area contributed by atoms with Gasteiger partial charge in [-0.15, -0.1) is 0 Å². The van der Waals surface area contributed by atoms with E-state index in [1.807, 2.05) is 0 Å². The smallest absolute Gasteiger partial charge is 0.191 e. The summed E-state index contributed by atoms with van der Waals surface area (Å²) < 4.78 is 11.4. The third-order valence-corrected chi connectivity index (χ3v) is 4.46. The molecule has 1 saturated heterocycles. The van der Waals surface area contributed by atoms with Crippen LogP contribution in [0.2, 0.25) is 0 Å². The first-order chi connectivity index (χ1) is 12.0. The third-order valence-electron chi connectivity index (χ3n) is 4.46. The van der Waals surface area contributed by atoms with Crippen LogP contribution in [-0.2, 0) is 11.3 Å². The van der Waals surface area contributed by atoms with Gasteiger partial charge in [0.1, 0.15) is 5.75 Å². The average Bonchev–Trinajstić information content (AvgIpc) is 2.56. The summed E-state index contributed by atoms with van der Waals surface area (Å²) in [6.07, 6.45) is 1.19. The van der Waals surface area contributed by atoms with Crippen LogP contribution in [0.1, 0.15) is 45.2 Å². The summed E-state index contributed by atoms with van der Waals surface area (Å²) in [7, 11) is 0. The number of guanidine groups is 1. The van der Waals surface area contributed by atoms with Crippen molar-refractivity contribution in [2.75, 3.05) is 26.3 Å². The van der Waals surface area contributed by atoms with Crippen LogP contribution in [0.25, 0.3) is 0 Å². The molecule has 25 heavy (non-hydrogen) atoms. The van der Waals surface area contributed by atoms with Crippen LogP contribution >= 0.6 is 0 Å². The molecule has 2 rings (SSSR count). The maximum atomic E-state index is 6.08. The van der Waals surface area contributed by atoms with E-state index in [0.717, 1.165) is 50.0 Å². The van der Waals surface area contributed by atoms with E-state index in [-0.39, 0.29) is 11.5 Å². The molecule has 0 saturated carbocycles. The van der Waals surface area contributed by atoms with Crippen LogP contribution in [0.15, 0.2) is 23.2 Å². The fraction of sp³-hybridized carbons (Fsp3) is 0.650. The molecule has 1 atom stereocenters. The highest BCUT2D eigenvalue weighted by molar-refractivity contribution is 5.79. The topological polar surface area (TPSA) is 54.9 Å². The van der Waals surface area contributed by atoms with Gasteiger partial charge in [-0.2, -0.15) is 0 Å². The zero-order valence-corrected chi connectivity index (χ0v) is 16.3. The number of ether oxygens (including phenoxy) is 2. The first-order valence-corrected chi connectivity index (χ1v) is 9.32. The molecule has 1 unspecified atom stereocenters. The molecule has 1 heterocycles. The Morgan fingerprint density at radius 3 is 2.68 bits per heavy atom. The molecule has 1 aliphatic rings. The standard InChI is InChI=1S/C20H33N3O2/c1-6-16(4)25-18-10-15(3)8-9-17(18)11-22-19(21-7-2)23-12-20(5)13-24-14-20/h8-10,16H,6-7,11-14H2,1-5H3,(H2,21,22,23). The summed E-state index contributed by atoms with van der Waals surface area (Å²) in [5, 5.41) is 6.75. The van der Waals surface area contributed by atoms with E-state index in [2.05, 4.69) is 63.5 Å². The lowest BCUT2D eigenvalue weighted by atomic mass is 9.89. The fourth-order valence-electron chi connectivity index (χ4n) is 2.56. The Hall–Kier alpha value is -1.75. The molecule has 0 amide bonds. The highest BCUT2D eigenvalue weighted by Gasteiger charge is 2.33. The lowest BCUT2D eigenvalue weighted by Crippen LogP contribution is -2.51. The molecule has 5 nitrogen and oxygen atoms in total. The quantitative estimate of drug-likeness (QED) is 0.560. The molecule has 1 aromatic rings. The average molecular weight is 348 g/mol. The Morgan fingerprint density at radius 2 is 2.08 bits per heavy atom. The summed E-state index contributed by atoms with van der Waals surface area (Å²) >= 11 is 0. The molecule has 1 aromatic carbocycles. The van der Waals surface area contributed by atoms with Crippen molar-refractivity contribution < 1.29 is 9.47 Å². The van der Waals surface area contributed by atoms with Gasteiger partial charge in [-0.1, -0.05) is 26.0 Å². The minimum absolute atomic E-state index is 0.203. The largest absolute Gasteiger partial charge is 0.490 e. The van der Waals surface area contributed by atoms with Crippen molar-refractivity contribution in [3.05, 3.63) is 29.3 Å². The number of aryl methyl sites for hydroxylation is 1. The molecule has 0 aliphatic carbocycles. The molecule has 140 valence electrons. The van der Waals surface area contributed by atoms with E-state index in [9.17, 15) is 0 Å². The number of hydrogen-bond acceptors (Lipinski definition) is 3. The minimum Gasteiger partial charge on any atom is -0.490 e. The van der Waals surface area contributed by atoms with Gasteiger partial charge in [0.25, 0.3) is 0 Å². The van der Waals surface area contributed by atoms with E-state index in [1.165, 1.54) is 5.56 Å². The molecule has 0 spiro atoms. The van der Waals surface area contributed by atoms with Crippen LogP contribution in [-0.4, -0.2) is 38.4 Å². The summed E-state index contributed by atoms with van der Waals surface area (Å²) in [4.78, 5) is 4.74. The Bertz CT molecular complexity index is 582. The van der Waals surface area contributed by atoms with E-state index in [4.69, 9.17) is 14.5 Å². The Morgan fingerprint density at radius 1 is 1.32 bits per heavy atom. The molecule has 0 bridgehead atoms. The summed E-state index contributed by atoms with van der Waals surface area (Å²) in [5.41, 5.74) is 2.53. The normalized spacial score (nSPS) is 17.6. The Balaban J connectivity index is 2.05. The molecular weight excluding hydrogens is 314 g/mol. The van der Waals surface area contributed by atoms with E-state index >= 15 is 0 Å². The second-order valence-electron chi connectivity index (χ2n) is 7.30. The van der Waals surface area contributed by atoms with E-state index in [0.29, 0.717) is 6.54 Å². The minimum atomic E-state index is 0.203. The first-order valence-electron chi connectivity index (χ1n) is 9.32. The molecular formula is C20H33N3O2. The maximum Gasteiger partial charge on any atom is 0.191 e. The van der Waals surface area contributed by atoms with Crippen molar-refractivity contribution in [1.29, 1.82) is 0 Å². The second kappa shape index (κ2) is 9.09.